The molecule has 0 fully saturated rings. The van der Waals surface area contributed by atoms with E-state index in [0.717, 1.165) is 89.9 Å². The number of esters is 1. The summed E-state index contributed by atoms with van der Waals surface area (Å²) in [6.07, 6.45) is 72.8. The van der Waals surface area contributed by atoms with Crippen LogP contribution < -0.4 is 0 Å². The van der Waals surface area contributed by atoms with Crippen molar-refractivity contribution >= 4 is 5.97 Å². The van der Waals surface area contributed by atoms with Crippen LogP contribution in [-0.2, 0) is 14.3 Å². The molecular formula is C53H86O4. The van der Waals surface area contributed by atoms with Gasteiger partial charge in [-0.05, 0) is 96.3 Å². The Balaban J connectivity index is 3.56. The van der Waals surface area contributed by atoms with Gasteiger partial charge in [0.1, 0.15) is 6.10 Å². The average molecular weight is 787 g/mol. The monoisotopic (exact) mass is 787 g/mol. The van der Waals surface area contributed by atoms with Gasteiger partial charge in [0.05, 0.1) is 13.2 Å². The molecule has 0 saturated heterocycles. The zero-order valence-electron chi connectivity index (χ0n) is 36.8. The molecule has 0 amide bonds. The zero-order valence-corrected chi connectivity index (χ0v) is 36.8. The van der Waals surface area contributed by atoms with Crippen molar-refractivity contribution in [3.05, 3.63) is 122 Å². The zero-order chi connectivity index (χ0) is 41.2. The number of rotatable bonds is 41. The Morgan fingerprint density at radius 1 is 0.421 bits per heavy atom. The molecule has 0 aromatic carbocycles. The van der Waals surface area contributed by atoms with Crippen LogP contribution in [0.2, 0.25) is 0 Å². The van der Waals surface area contributed by atoms with E-state index >= 15 is 0 Å². The maximum atomic E-state index is 12.2. The Kier molecular flexibility index (Phi) is 46.2. The van der Waals surface area contributed by atoms with Crippen molar-refractivity contribution in [3.63, 3.8) is 0 Å². The van der Waals surface area contributed by atoms with Crippen molar-refractivity contribution in [3.8, 4) is 0 Å². The van der Waals surface area contributed by atoms with Crippen LogP contribution in [0, 0.1) is 0 Å². The Hall–Kier alpha value is -3.21. The molecule has 4 heteroatoms. The van der Waals surface area contributed by atoms with Gasteiger partial charge in [-0.3, -0.25) is 4.79 Å². The molecule has 0 spiro atoms. The summed E-state index contributed by atoms with van der Waals surface area (Å²) in [6, 6.07) is 0. The van der Waals surface area contributed by atoms with Gasteiger partial charge >= 0.3 is 5.97 Å². The van der Waals surface area contributed by atoms with Crippen molar-refractivity contribution in [1.82, 2.24) is 0 Å². The molecule has 0 saturated carbocycles. The van der Waals surface area contributed by atoms with Crippen LogP contribution in [-0.4, -0.2) is 37.0 Å². The van der Waals surface area contributed by atoms with E-state index in [1.807, 2.05) is 0 Å². The van der Waals surface area contributed by atoms with E-state index in [0.29, 0.717) is 13.0 Å². The van der Waals surface area contributed by atoms with Crippen molar-refractivity contribution in [2.24, 2.45) is 0 Å². The molecule has 0 heterocycles. The molecule has 4 nitrogen and oxygen atoms in total. The lowest BCUT2D eigenvalue weighted by Crippen LogP contribution is -2.27. The molecular weight excluding hydrogens is 701 g/mol. The first-order valence-corrected chi connectivity index (χ1v) is 23.1. The second-order valence-electron chi connectivity index (χ2n) is 14.7. The van der Waals surface area contributed by atoms with Gasteiger partial charge in [-0.25, -0.2) is 0 Å². The van der Waals surface area contributed by atoms with Crippen molar-refractivity contribution < 1.29 is 19.4 Å². The summed E-state index contributed by atoms with van der Waals surface area (Å²) >= 11 is 0. The standard InChI is InChI=1S/C53H86O4/c1-3-5-7-9-11-13-15-17-19-21-23-25-26-27-28-29-30-32-34-36-38-40-42-44-46-48-53(55)57-52(50-54)51-56-49-47-45-43-41-39-37-35-33-31-24-22-20-18-16-14-12-10-8-6-4-2/h5-8,11-14,17-20,23-25,31,35,37,41,43,52,54H,3-4,9-10,15-16,21-22,26-30,32-34,36,38-40,42,44-51H2,1-2H3/b7-5-,8-6-,13-11-,14-12-,19-17-,20-18-,25-23-,31-24-,37-35-,43-41-. The number of unbranched alkanes of at least 4 members (excludes halogenated alkanes) is 13. The largest absolute Gasteiger partial charge is 0.457 e. The highest BCUT2D eigenvalue weighted by Gasteiger charge is 2.13. The number of aliphatic hydroxyl groups excluding tert-OH is 1. The number of carbonyl (C=O) groups is 1. The second-order valence-corrected chi connectivity index (χ2v) is 14.7. The van der Waals surface area contributed by atoms with E-state index in [1.165, 1.54) is 70.6 Å². The van der Waals surface area contributed by atoms with Crippen LogP contribution in [0.25, 0.3) is 0 Å². The normalized spacial score (nSPS) is 13.5. The molecule has 0 aliphatic heterocycles. The summed E-state index contributed by atoms with van der Waals surface area (Å²) in [4.78, 5) is 12.2. The minimum Gasteiger partial charge on any atom is -0.457 e. The van der Waals surface area contributed by atoms with E-state index in [1.54, 1.807) is 0 Å². The van der Waals surface area contributed by atoms with Gasteiger partial charge in [0.15, 0.2) is 0 Å². The highest BCUT2D eigenvalue weighted by atomic mass is 16.6. The maximum absolute atomic E-state index is 12.2. The maximum Gasteiger partial charge on any atom is 0.306 e. The van der Waals surface area contributed by atoms with Gasteiger partial charge in [0, 0.05) is 13.0 Å². The van der Waals surface area contributed by atoms with Gasteiger partial charge in [0.2, 0.25) is 0 Å². The van der Waals surface area contributed by atoms with E-state index in [9.17, 15) is 9.90 Å². The number of carbonyl (C=O) groups excluding carboxylic acids is 1. The lowest BCUT2D eigenvalue weighted by atomic mass is 10.0. The number of hydrogen-bond donors (Lipinski definition) is 1. The summed E-state index contributed by atoms with van der Waals surface area (Å²) in [6.45, 7) is 4.96. The highest BCUT2D eigenvalue weighted by molar-refractivity contribution is 5.69. The van der Waals surface area contributed by atoms with Crippen LogP contribution in [0.1, 0.15) is 181 Å². The van der Waals surface area contributed by atoms with Gasteiger partial charge < -0.3 is 14.6 Å². The smallest absolute Gasteiger partial charge is 0.306 e. The summed E-state index contributed by atoms with van der Waals surface area (Å²) in [5.41, 5.74) is 0. The SMILES string of the molecule is CC/C=C\C/C=C\C/C=C\C/C=C\C/C=C\C/C=C\CCCOCC(CO)OC(=O)CCCCCCCCCCCCCC/C=C\C/C=C\C/C=C\C/C=C\CC. The molecule has 0 radical (unpaired) electrons. The first-order chi connectivity index (χ1) is 28.2. The van der Waals surface area contributed by atoms with Crippen molar-refractivity contribution in [2.75, 3.05) is 19.8 Å². The molecule has 0 aromatic rings. The molecule has 0 aliphatic carbocycles. The Bertz CT molecular complexity index is 1150. The van der Waals surface area contributed by atoms with Crippen LogP contribution in [0.3, 0.4) is 0 Å². The number of hydrogen-bond acceptors (Lipinski definition) is 4. The third-order valence-electron chi connectivity index (χ3n) is 9.28. The molecule has 1 N–H and O–H groups in total. The lowest BCUT2D eigenvalue weighted by molar-refractivity contribution is -0.154. The molecule has 1 unspecified atom stereocenters. The minimum atomic E-state index is -0.575. The van der Waals surface area contributed by atoms with E-state index in [4.69, 9.17) is 9.47 Å². The van der Waals surface area contributed by atoms with Crippen molar-refractivity contribution in [2.45, 2.75) is 187 Å². The molecule has 0 rings (SSSR count). The summed E-state index contributed by atoms with van der Waals surface area (Å²) in [5, 5.41) is 9.62. The fraction of sp³-hybridized carbons (Fsp3) is 0.604. The first-order valence-electron chi connectivity index (χ1n) is 23.1. The van der Waals surface area contributed by atoms with Crippen LogP contribution in [0.4, 0.5) is 0 Å². The fourth-order valence-electron chi connectivity index (χ4n) is 5.92. The Labute approximate surface area is 352 Å². The highest BCUT2D eigenvalue weighted by Crippen LogP contribution is 2.14. The number of ether oxygens (including phenoxy) is 2. The molecule has 0 aliphatic rings. The topological polar surface area (TPSA) is 55.8 Å². The van der Waals surface area contributed by atoms with Crippen molar-refractivity contribution in [1.29, 1.82) is 0 Å². The first kappa shape index (κ1) is 53.8. The van der Waals surface area contributed by atoms with Gasteiger partial charge in [-0.15, -0.1) is 0 Å². The molecule has 1 atom stereocenters. The Morgan fingerprint density at radius 3 is 1.11 bits per heavy atom. The number of aliphatic hydroxyl groups is 1. The molecule has 0 bridgehead atoms. The van der Waals surface area contributed by atoms with Gasteiger partial charge in [0.25, 0.3) is 0 Å². The molecule has 322 valence electrons. The third-order valence-corrected chi connectivity index (χ3v) is 9.28. The fourth-order valence-corrected chi connectivity index (χ4v) is 5.92. The van der Waals surface area contributed by atoms with Crippen LogP contribution in [0.5, 0.6) is 0 Å². The predicted octanol–water partition coefficient (Wildman–Crippen LogP) is 15.7. The number of allylic oxidation sites excluding steroid dienone is 20. The van der Waals surface area contributed by atoms with E-state index in [-0.39, 0.29) is 19.2 Å². The minimum absolute atomic E-state index is 0.203. The average Bonchev–Trinajstić information content (AvgIpc) is 3.22. The van der Waals surface area contributed by atoms with Gasteiger partial charge in [-0.2, -0.15) is 0 Å². The summed E-state index contributed by atoms with van der Waals surface area (Å²) < 4.78 is 11.1. The lowest BCUT2D eigenvalue weighted by Gasteiger charge is -2.15. The van der Waals surface area contributed by atoms with Crippen LogP contribution >= 0.6 is 0 Å². The summed E-state index contributed by atoms with van der Waals surface area (Å²) in [7, 11) is 0. The predicted molar refractivity (Wildman–Crippen MR) is 251 cm³/mol. The summed E-state index contributed by atoms with van der Waals surface area (Å²) in [5.74, 6) is -0.228. The molecule has 0 aromatic heterocycles. The van der Waals surface area contributed by atoms with Crippen LogP contribution in [0.15, 0.2) is 122 Å². The third kappa shape index (κ3) is 47.1. The van der Waals surface area contributed by atoms with E-state index in [2.05, 4.69) is 135 Å². The second kappa shape index (κ2) is 48.9. The van der Waals surface area contributed by atoms with E-state index < -0.39 is 6.10 Å². The molecule has 57 heavy (non-hydrogen) atoms. The van der Waals surface area contributed by atoms with Gasteiger partial charge in [-0.1, -0.05) is 200 Å². The quantitative estimate of drug-likeness (QED) is 0.0381. The Morgan fingerprint density at radius 2 is 0.737 bits per heavy atom.